The van der Waals surface area contributed by atoms with Crippen molar-refractivity contribution in [3.8, 4) is 0 Å². The van der Waals surface area contributed by atoms with E-state index in [1.807, 2.05) is 0 Å². The molecule has 0 saturated heterocycles. The highest BCUT2D eigenvalue weighted by atomic mass is 31.2. The van der Waals surface area contributed by atoms with Gasteiger partial charge in [-0.05, 0) is 12.1 Å². The predicted molar refractivity (Wildman–Crippen MR) is 91.7 cm³/mol. The van der Waals surface area contributed by atoms with E-state index in [0.717, 1.165) is 14.2 Å². The zero-order chi connectivity index (χ0) is 19.1. The molecule has 3 rings (SSSR count). The molecule has 0 unspecified atom stereocenters. The number of benzene rings is 2. The van der Waals surface area contributed by atoms with Crippen molar-refractivity contribution in [3.05, 3.63) is 68.8 Å². The van der Waals surface area contributed by atoms with Gasteiger partial charge in [-0.2, -0.15) is 0 Å². The van der Waals surface area contributed by atoms with Gasteiger partial charge >= 0.3 is 7.75 Å². The fourth-order valence-electron chi connectivity index (χ4n) is 2.78. The van der Waals surface area contributed by atoms with Gasteiger partial charge in [-0.25, -0.2) is 4.57 Å². The van der Waals surface area contributed by atoms with Crippen LogP contribution in [0.3, 0.4) is 0 Å². The summed E-state index contributed by atoms with van der Waals surface area (Å²) >= 11 is 0. The number of ketones is 2. The first-order valence-corrected chi connectivity index (χ1v) is 8.87. The summed E-state index contributed by atoms with van der Waals surface area (Å²) in [7, 11) is -1.40. The lowest BCUT2D eigenvalue weighted by molar-refractivity contribution is -0.385. The normalized spacial score (nSPS) is 13.2. The van der Waals surface area contributed by atoms with Crippen LogP contribution < -0.4 is 5.09 Å². The average molecular weight is 376 g/mol. The van der Waals surface area contributed by atoms with Crippen LogP contribution in [0.2, 0.25) is 0 Å². The number of rotatable bonds is 5. The maximum atomic E-state index is 12.9. The van der Waals surface area contributed by atoms with Crippen LogP contribution in [0, 0.1) is 10.1 Å². The third-order valence-corrected chi connectivity index (χ3v) is 5.46. The third-order valence-electron chi connectivity index (χ3n) is 3.99. The Balaban J connectivity index is 2.22. The molecule has 0 atom stereocenters. The van der Waals surface area contributed by atoms with Crippen LogP contribution >= 0.6 is 7.75 Å². The molecule has 2 aromatic carbocycles. The summed E-state index contributed by atoms with van der Waals surface area (Å²) in [6.07, 6.45) is 0. The van der Waals surface area contributed by atoms with E-state index < -0.39 is 29.9 Å². The van der Waals surface area contributed by atoms with Crippen molar-refractivity contribution < 1.29 is 28.1 Å². The van der Waals surface area contributed by atoms with Gasteiger partial charge in [-0.3, -0.25) is 33.8 Å². The van der Waals surface area contributed by atoms with E-state index in [2.05, 4.69) is 5.09 Å². The molecular weight excluding hydrogens is 363 g/mol. The van der Waals surface area contributed by atoms with Crippen LogP contribution in [0.5, 0.6) is 0 Å². The van der Waals surface area contributed by atoms with Crippen molar-refractivity contribution in [3.63, 3.8) is 0 Å². The van der Waals surface area contributed by atoms with Crippen molar-refractivity contribution in [2.75, 3.05) is 19.3 Å². The molecule has 0 saturated carbocycles. The van der Waals surface area contributed by atoms with Crippen molar-refractivity contribution in [1.82, 2.24) is 0 Å². The van der Waals surface area contributed by atoms with Crippen LogP contribution in [0.4, 0.5) is 11.4 Å². The second-order valence-corrected chi connectivity index (χ2v) is 7.27. The number of hydrogen-bond donors (Lipinski definition) is 1. The standard InChI is InChI=1S/C16H13N2O7P/c1-24-26(23,25-2)17-11-7-3-5-9-13(11)15(19)10-6-4-8-12(18(21)22)14(10)16(9)20/h3-8H,1-2H3,(H,17,23). The molecule has 1 N–H and O–H groups in total. The monoisotopic (exact) mass is 376 g/mol. The zero-order valence-electron chi connectivity index (χ0n) is 13.7. The molecule has 0 amide bonds. The van der Waals surface area contributed by atoms with Crippen molar-refractivity contribution in [2.24, 2.45) is 0 Å². The zero-order valence-corrected chi connectivity index (χ0v) is 14.6. The first-order valence-electron chi connectivity index (χ1n) is 7.32. The fourth-order valence-corrected chi connectivity index (χ4v) is 3.60. The topological polar surface area (TPSA) is 125 Å². The van der Waals surface area contributed by atoms with Gasteiger partial charge < -0.3 is 0 Å². The molecule has 0 heterocycles. The minimum Gasteiger partial charge on any atom is -0.296 e. The number of fused-ring (bicyclic) bond motifs is 2. The second-order valence-electron chi connectivity index (χ2n) is 5.32. The van der Waals surface area contributed by atoms with Crippen LogP contribution in [0.1, 0.15) is 31.8 Å². The largest absolute Gasteiger partial charge is 0.432 e. The van der Waals surface area contributed by atoms with Gasteiger partial charge in [0.05, 0.1) is 16.2 Å². The van der Waals surface area contributed by atoms with Gasteiger partial charge in [0.15, 0.2) is 5.78 Å². The summed E-state index contributed by atoms with van der Waals surface area (Å²) in [4.78, 5) is 36.3. The number of nitrogens with zero attached hydrogens (tertiary/aromatic N) is 1. The SMILES string of the molecule is COP(=O)(Nc1cccc2c1C(=O)c1cccc([N+](=O)[O-])c1C2=O)OC. The summed E-state index contributed by atoms with van der Waals surface area (Å²) < 4.78 is 21.9. The van der Waals surface area contributed by atoms with E-state index in [4.69, 9.17) is 9.05 Å². The number of carbonyl (C=O) groups excluding carboxylic acids is 2. The summed E-state index contributed by atoms with van der Waals surface area (Å²) in [6, 6.07) is 8.12. The molecule has 1 aliphatic carbocycles. The lowest BCUT2D eigenvalue weighted by Gasteiger charge is -2.22. The quantitative estimate of drug-likeness (QED) is 0.409. The molecule has 9 nitrogen and oxygen atoms in total. The molecule has 0 fully saturated rings. The summed E-state index contributed by atoms with van der Waals surface area (Å²) in [6.45, 7) is 0. The van der Waals surface area contributed by atoms with E-state index in [0.29, 0.717) is 0 Å². The number of carbonyl (C=O) groups is 2. The van der Waals surface area contributed by atoms with Crippen LogP contribution in [-0.2, 0) is 13.6 Å². The molecule has 26 heavy (non-hydrogen) atoms. The Hall–Kier alpha value is -2.87. The van der Waals surface area contributed by atoms with Crippen LogP contribution in [0.15, 0.2) is 36.4 Å². The molecule has 0 spiro atoms. The van der Waals surface area contributed by atoms with Gasteiger partial charge in [0.1, 0.15) is 5.56 Å². The molecule has 10 heteroatoms. The average Bonchev–Trinajstić information content (AvgIpc) is 2.65. The Kier molecular flexibility index (Phi) is 4.45. The molecule has 0 bridgehead atoms. The first-order chi connectivity index (χ1) is 12.3. The Bertz CT molecular complexity index is 994. The number of anilines is 1. The molecule has 0 radical (unpaired) electrons. The van der Waals surface area contributed by atoms with Gasteiger partial charge in [-0.1, -0.05) is 18.2 Å². The van der Waals surface area contributed by atoms with E-state index in [-0.39, 0.29) is 27.9 Å². The Labute approximate surface area is 147 Å². The highest BCUT2D eigenvalue weighted by Crippen LogP contribution is 2.48. The fraction of sp³-hybridized carbons (Fsp3) is 0.125. The van der Waals surface area contributed by atoms with Gasteiger partial charge in [0.2, 0.25) is 5.78 Å². The lowest BCUT2D eigenvalue weighted by Crippen LogP contribution is -2.23. The summed E-state index contributed by atoms with van der Waals surface area (Å²) in [5.41, 5.74) is -0.779. The minimum atomic E-state index is -3.73. The molecule has 0 aliphatic heterocycles. The summed E-state index contributed by atoms with van der Waals surface area (Å²) in [5.74, 6) is -1.25. The lowest BCUT2D eigenvalue weighted by atomic mass is 9.82. The van der Waals surface area contributed by atoms with Crippen molar-refractivity contribution >= 4 is 30.7 Å². The Morgan fingerprint density at radius 3 is 2.08 bits per heavy atom. The van der Waals surface area contributed by atoms with Crippen molar-refractivity contribution in [2.45, 2.75) is 0 Å². The molecule has 134 valence electrons. The van der Waals surface area contributed by atoms with Crippen LogP contribution in [-0.4, -0.2) is 30.7 Å². The number of nitro benzene ring substituents is 1. The molecule has 2 aromatic rings. The second kappa shape index (κ2) is 6.45. The maximum Gasteiger partial charge on any atom is 0.432 e. The van der Waals surface area contributed by atoms with Crippen molar-refractivity contribution in [1.29, 1.82) is 0 Å². The highest BCUT2D eigenvalue weighted by molar-refractivity contribution is 7.55. The molecular formula is C16H13N2O7P. The Morgan fingerprint density at radius 2 is 1.50 bits per heavy atom. The smallest absolute Gasteiger partial charge is 0.296 e. The molecule has 0 aromatic heterocycles. The van der Waals surface area contributed by atoms with Gasteiger partial charge in [0.25, 0.3) is 5.69 Å². The maximum absolute atomic E-state index is 12.9. The number of nitrogens with one attached hydrogen (secondary N) is 1. The van der Waals surface area contributed by atoms with E-state index in [1.165, 1.54) is 36.4 Å². The summed E-state index contributed by atoms with van der Waals surface area (Å²) in [5, 5.41) is 13.7. The predicted octanol–water partition coefficient (Wildman–Crippen LogP) is 3.18. The van der Waals surface area contributed by atoms with Crippen LogP contribution in [0.25, 0.3) is 0 Å². The van der Waals surface area contributed by atoms with E-state index in [9.17, 15) is 24.3 Å². The van der Waals surface area contributed by atoms with Gasteiger partial charge in [0, 0.05) is 31.4 Å². The minimum absolute atomic E-state index is 0.0273. The van der Waals surface area contributed by atoms with E-state index in [1.54, 1.807) is 0 Å². The number of hydrogen-bond acceptors (Lipinski definition) is 7. The first kappa shape index (κ1) is 17.9. The third kappa shape index (κ3) is 2.72. The number of nitro groups is 1. The van der Waals surface area contributed by atoms with Gasteiger partial charge in [-0.15, -0.1) is 0 Å². The highest BCUT2D eigenvalue weighted by Gasteiger charge is 2.37. The Morgan fingerprint density at radius 1 is 0.962 bits per heavy atom. The molecule has 1 aliphatic rings. The van der Waals surface area contributed by atoms with E-state index >= 15 is 0 Å².